The van der Waals surface area contributed by atoms with Crippen molar-refractivity contribution in [3.63, 3.8) is 0 Å². The highest BCUT2D eigenvalue weighted by Crippen LogP contribution is 1.94. The number of nitrogens with two attached hydrogens (primary N) is 1. The van der Waals surface area contributed by atoms with Gasteiger partial charge < -0.3 is 11.1 Å². The van der Waals surface area contributed by atoms with Crippen LogP contribution in [0, 0.1) is 12.3 Å². The molecule has 0 radical (unpaired) electrons. The number of nitrogens with zero attached hydrogens (tertiary/aromatic N) is 2. The van der Waals surface area contributed by atoms with Crippen LogP contribution in [0.15, 0.2) is 29.4 Å². The Hall–Kier alpha value is -2.02. The third-order valence-corrected chi connectivity index (χ3v) is 1.75. The number of terminal acetylenes is 1. The Morgan fingerprint density at radius 2 is 2.47 bits per heavy atom. The predicted molar refractivity (Wildman–Crippen MR) is 61.3 cm³/mol. The van der Waals surface area contributed by atoms with Gasteiger partial charge in [-0.3, -0.25) is 9.98 Å². The van der Waals surface area contributed by atoms with Gasteiger partial charge in [0.05, 0.1) is 6.54 Å². The highest BCUT2D eigenvalue weighted by molar-refractivity contribution is 5.78. The van der Waals surface area contributed by atoms with Gasteiger partial charge in [-0.2, -0.15) is 0 Å². The Labute approximate surface area is 89.6 Å². The Bertz CT molecular complexity index is 351. The third-order valence-electron chi connectivity index (χ3n) is 1.75. The molecule has 0 atom stereocenters. The molecule has 3 N–H and O–H groups in total. The molecule has 0 aliphatic rings. The lowest BCUT2D eigenvalue weighted by Gasteiger charge is -2.01. The maximum Gasteiger partial charge on any atom is 0.189 e. The highest BCUT2D eigenvalue weighted by Gasteiger charge is 1.92. The number of aromatic nitrogens is 1. The molecule has 0 aromatic carbocycles. The topological polar surface area (TPSA) is 63.3 Å². The van der Waals surface area contributed by atoms with E-state index in [1.54, 1.807) is 6.20 Å². The number of guanidine groups is 1. The van der Waals surface area contributed by atoms with Gasteiger partial charge in [-0.15, -0.1) is 6.42 Å². The van der Waals surface area contributed by atoms with Crippen LogP contribution in [-0.4, -0.2) is 24.0 Å². The number of pyridine rings is 1. The molecule has 0 bridgehead atoms. The Kier molecular flexibility index (Phi) is 4.74. The fourth-order valence-corrected chi connectivity index (χ4v) is 1.03. The van der Waals surface area contributed by atoms with E-state index in [1.165, 1.54) is 0 Å². The van der Waals surface area contributed by atoms with Crippen LogP contribution < -0.4 is 11.1 Å². The SMILES string of the molecule is C#CCNC(N)=NCCc1ccccn1. The Balaban J connectivity index is 2.30. The lowest BCUT2D eigenvalue weighted by Crippen LogP contribution is -2.32. The zero-order valence-corrected chi connectivity index (χ0v) is 8.48. The summed E-state index contributed by atoms with van der Waals surface area (Å²) in [5, 5.41) is 2.79. The molecular weight excluding hydrogens is 188 g/mol. The van der Waals surface area contributed by atoms with Gasteiger partial charge in [0.2, 0.25) is 0 Å². The van der Waals surface area contributed by atoms with E-state index < -0.39 is 0 Å². The Morgan fingerprint density at radius 3 is 3.13 bits per heavy atom. The van der Waals surface area contributed by atoms with Crippen LogP contribution in [-0.2, 0) is 6.42 Å². The standard InChI is InChI=1S/C11H14N4/c1-2-7-14-11(12)15-9-6-10-5-3-4-8-13-10/h1,3-5,8H,6-7,9H2,(H3,12,14,15). The van der Waals surface area contributed by atoms with E-state index in [2.05, 4.69) is 21.2 Å². The van der Waals surface area contributed by atoms with Crippen LogP contribution in [0.5, 0.6) is 0 Å². The summed E-state index contributed by atoms with van der Waals surface area (Å²) in [6, 6.07) is 5.79. The first-order chi connectivity index (χ1) is 7.33. The second-order valence-electron chi connectivity index (χ2n) is 2.90. The summed E-state index contributed by atoms with van der Waals surface area (Å²) in [5.41, 5.74) is 6.55. The maximum absolute atomic E-state index is 5.55. The summed E-state index contributed by atoms with van der Waals surface area (Å²) in [5.74, 6) is 2.80. The molecule has 0 unspecified atom stereocenters. The molecule has 0 fully saturated rings. The normalized spacial score (nSPS) is 10.7. The van der Waals surface area contributed by atoms with Gasteiger partial charge in [0.1, 0.15) is 0 Å². The van der Waals surface area contributed by atoms with E-state index >= 15 is 0 Å². The smallest absolute Gasteiger partial charge is 0.189 e. The second-order valence-corrected chi connectivity index (χ2v) is 2.90. The monoisotopic (exact) mass is 202 g/mol. The van der Waals surface area contributed by atoms with Crippen molar-refractivity contribution in [1.29, 1.82) is 0 Å². The zero-order chi connectivity index (χ0) is 10.9. The number of hydrogen-bond donors (Lipinski definition) is 2. The molecule has 0 saturated carbocycles. The van der Waals surface area contributed by atoms with Crippen molar-refractivity contribution in [2.45, 2.75) is 6.42 Å². The van der Waals surface area contributed by atoms with Gasteiger partial charge in [0.25, 0.3) is 0 Å². The Morgan fingerprint density at radius 1 is 1.60 bits per heavy atom. The van der Waals surface area contributed by atoms with Crippen LogP contribution in [0.1, 0.15) is 5.69 Å². The van der Waals surface area contributed by atoms with Crippen molar-refractivity contribution in [1.82, 2.24) is 10.3 Å². The van der Waals surface area contributed by atoms with E-state index in [1.807, 2.05) is 18.2 Å². The molecule has 0 amide bonds. The van der Waals surface area contributed by atoms with Gasteiger partial charge in [-0.05, 0) is 12.1 Å². The minimum Gasteiger partial charge on any atom is -0.370 e. The summed E-state index contributed by atoms with van der Waals surface area (Å²) in [6.07, 6.45) is 7.60. The molecule has 0 aliphatic carbocycles. The highest BCUT2D eigenvalue weighted by atomic mass is 15.1. The second kappa shape index (κ2) is 6.44. The van der Waals surface area contributed by atoms with Crippen LogP contribution in [0.3, 0.4) is 0 Å². The summed E-state index contributed by atoms with van der Waals surface area (Å²) in [6.45, 7) is 1.01. The number of aliphatic imine (C=N–C) groups is 1. The minimum atomic E-state index is 0.379. The fourth-order valence-electron chi connectivity index (χ4n) is 1.03. The van der Waals surface area contributed by atoms with Crippen LogP contribution in [0.25, 0.3) is 0 Å². The third kappa shape index (κ3) is 4.67. The van der Waals surface area contributed by atoms with Crippen molar-refractivity contribution >= 4 is 5.96 Å². The van der Waals surface area contributed by atoms with Crippen molar-refractivity contribution in [2.75, 3.05) is 13.1 Å². The number of rotatable bonds is 4. The first-order valence-corrected chi connectivity index (χ1v) is 4.70. The van der Waals surface area contributed by atoms with E-state index in [-0.39, 0.29) is 0 Å². The predicted octanol–water partition coefficient (Wildman–Crippen LogP) is 0.162. The summed E-state index contributed by atoms with van der Waals surface area (Å²) in [4.78, 5) is 8.28. The van der Waals surface area contributed by atoms with Crippen molar-refractivity contribution in [3.05, 3.63) is 30.1 Å². The lowest BCUT2D eigenvalue weighted by molar-refractivity contribution is 0.903. The summed E-state index contributed by atoms with van der Waals surface area (Å²) < 4.78 is 0. The van der Waals surface area contributed by atoms with Crippen molar-refractivity contribution in [3.8, 4) is 12.3 Å². The molecule has 0 aliphatic heterocycles. The molecule has 1 rings (SSSR count). The molecule has 0 spiro atoms. The zero-order valence-electron chi connectivity index (χ0n) is 8.48. The van der Waals surface area contributed by atoms with E-state index in [0.29, 0.717) is 19.0 Å². The maximum atomic E-state index is 5.55. The van der Waals surface area contributed by atoms with Gasteiger partial charge in [0.15, 0.2) is 5.96 Å². The quantitative estimate of drug-likeness (QED) is 0.415. The molecule has 78 valence electrons. The minimum absolute atomic E-state index is 0.379. The van der Waals surface area contributed by atoms with E-state index in [4.69, 9.17) is 12.2 Å². The van der Waals surface area contributed by atoms with Gasteiger partial charge >= 0.3 is 0 Å². The average molecular weight is 202 g/mol. The molecule has 1 heterocycles. The number of hydrogen-bond acceptors (Lipinski definition) is 2. The molecule has 1 aromatic rings. The number of nitrogens with one attached hydrogen (secondary N) is 1. The first kappa shape index (κ1) is 11.1. The fraction of sp³-hybridized carbons (Fsp3) is 0.273. The summed E-state index contributed by atoms with van der Waals surface area (Å²) >= 11 is 0. The molecule has 15 heavy (non-hydrogen) atoms. The molecule has 4 nitrogen and oxygen atoms in total. The van der Waals surface area contributed by atoms with E-state index in [0.717, 1.165) is 12.1 Å². The summed E-state index contributed by atoms with van der Waals surface area (Å²) in [7, 11) is 0. The van der Waals surface area contributed by atoms with Gasteiger partial charge in [-0.1, -0.05) is 12.0 Å². The van der Waals surface area contributed by atoms with Gasteiger partial charge in [0, 0.05) is 24.9 Å². The molecule has 1 aromatic heterocycles. The largest absolute Gasteiger partial charge is 0.370 e. The van der Waals surface area contributed by atoms with Crippen LogP contribution >= 0.6 is 0 Å². The lowest BCUT2D eigenvalue weighted by atomic mass is 10.3. The van der Waals surface area contributed by atoms with Crippen LogP contribution in [0.2, 0.25) is 0 Å². The van der Waals surface area contributed by atoms with Gasteiger partial charge in [-0.25, -0.2) is 0 Å². The van der Waals surface area contributed by atoms with Crippen molar-refractivity contribution in [2.24, 2.45) is 10.7 Å². The average Bonchev–Trinajstić information content (AvgIpc) is 2.28. The molecule has 0 saturated heterocycles. The first-order valence-electron chi connectivity index (χ1n) is 4.70. The van der Waals surface area contributed by atoms with Crippen molar-refractivity contribution < 1.29 is 0 Å². The van der Waals surface area contributed by atoms with Crippen LogP contribution in [0.4, 0.5) is 0 Å². The molecule has 4 heteroatoms. The van der Waals surface area contributed by atoms with E-state index in [9.17, 15) is 0 Å². The molecular formula is C11H14N4.